The Bertz CT molecular complexity index is 329. The molecule has 0 aromatic carbocycles. The number of carbonyl (C=O) groups is 1. The second-order valence-corrected chi connectivity index (χ2v) is 4.07. The van der Waals surface area contributed by atoms with Crippen molar-refractivity contribution in [3.8, 4) is 0 Å². The normalized spacial score (nSPS) is 27.0. The number of aliphatic hydroxyl groups is 1. The van der Waals surface area contributed by atoms with E-state index >= 15 is 0 Å². The van der Waals surface area contributed by atoms with Gasteiger partial charge in [0.1, 0.15) is 6.10 Å². The molecule has 14 heavy (non-hydrogen) atoms. The summed E-state index contributed by atoms with van der Waals surface area (Å²) in [5, 5.41) is 11.7. The third-order valence-corrected chi connectivity index (χ3v) is 3.17. The second-order valence-electron chi connectivity index (χ2n) is 3.09. The van der Waals surface area contributed by atoms with Gasteiger partial charge in [0.2, 0.25) is 5.60 Å². The highest BCUT2D eigenvalue weighted by Crippen LogP contribution is 2.42. The van der Waals surface area contributed by atoms with Crippen LogP contribution in [-0.2, 0) is 14.3 Å². The average molecular weight is 214 g/mol. The molecule has 2 heterocycles. The van der Waals surface area contributed by atoms with Crippen molar-refractivity contribution in [2.45, 2.75) is 11.7 Å². The Morgan fingerprint density at radius 2 is 2.57 bits per heavy atom. The minimum atomic E-state index is -1.15. The smallest absolute Gasteiger partial charge is 0.343 e. The standard InChI is InChI=1S/C9H10O4S/c1-12-8(11)9(5-13-9)7(10)6-3-2-4-14-6/h2-4,7,10H,5H2,1H3. The molecule has 4 nitrogen and oxygen atoms in total. The van der Waals surface area contributed by atoms with E-state index in [1.807, 2.05) is 11.4 Å². The van der Waals surface area contributed by atoms with E-state index < -0.39 is 17.7 Å². The van der Waals surface area contributed by atoms with Crippen molar-refractivity contribution in [3.63, 3.8) is 0 Å². The molecule has 1 aliphatic heterocycles. The van der Waals surface area contributed by atoms with Crippen LogP contribution in [0.2, 0.25) is 0 Å². The molecule has 1 aromatic rings. The maximum absolute atomic E-state index is 11.3. The van der Waals surface area contributed by atoms with Crippen molar-refractivity contribution in [2.75, 3.05) is 13.7 Å². The lowest BCUT2D eigenvalue weighted by Crippen LogP contribution is -2.32. The number of carbonyl (C=O) groups excluding carboxylic acids is 1. The molecule has 1 fully saturated rings. The molecule has 1 aliphatic rings. The van der Waals surface area contributed by atoms with E-state index in [4.69, 9.17) is 4.74 Å². The summed E-state index contributed by atoms with van der Waals surface area (Å²) in [4.78, 5) is 12.0. The van der Waals surface area contributed by atoms with Gasteiger partial charge in [-0.1, -0.05) is 6.07 Å². The molecule has 1 saturated heterocycles. The van der Waals surface area contributed by atoms with E-state index in [1.165, 1.54) is 18.4 Å². The molecule has 1 N–H and O–H groups in total. The average Bonchev–Trinajstić information content (AvgIpc) is 2.84. The Balaban J connectivity index is 2.19. The Labute approximate surface area is 85.1 Å². The number of aliphatic hydroxyl groups excluding tert-OH is 1. The summed E-state index contributed by atoms with van der Waals surface area (Å²) < 4.78 is 9.59. The molecule has 0 saturated carbocycles. The van der Waals surface area contributed by atoms with Crippen LogP contribution in [0.5, 0.6) is 0 Å². The van der Waals surface area contributed by atoms with Gasteiger partial charge in [0, 0.05) is 4.88 Å². The number of rotatable bonds is 3. The lowest BCUT2D eigenvalue weighted by molar-refractivity contribution is -0.151. The fourth-order valence-corrected chi connectivity index (χ4v) is 2.11. The molecule has 76 valence electrons. The summed E-state index contributed by atoms with van der Waals surface area (Å²) in [6, 6.07) is 3.58. The Hall–Kier alpha value is -0.910. The second kappa shape index (κ2) is 3.34. The molecule has 0 radical (unpaired) electrons. The summed E-state index contributed by atoms with van der Waals surface area (Å²) in [5.74, 6) is -0.515. The van der Waals surface area contributed by atoms with Crippen molar-refractivity contribution >= 4 is 17.3 Å². The van der Waals surface area contributed by atoms with Crippen molar-refractivity contribution in [3.05, 3.63) is 22.4 Å². The first-order valence-electron chi connectivity index (χ1n) is 4.14. The maximum atomic E-state index is 11.3. The Morgan fingerprint density at radius 3 is 3.00 bits per heavy atom. The zero-order valence-electron chi connectivity index (χ0n) is 7.60. The predicted molar refractivity (Wildman–Crippen MR) is 50.0 cm³/mol. The summed E-state index contributed by atoms with van der Waals surface area (Å²) in [6.07, 6.45) is -0.921. The van der Waals surface area contributed by atoms with Gasteiger partial charge < -0.3 is 14.6 Å². The largest absolute Gasteiger partial charge is 0.467 e. The van der Waals surface area contributed by atoms with E-state index in [0.29, 0.717) is 4.88 Å². The molecule has 5 heteroatoms. The summed E-state index contributed by atoms with van der Waals surface area (Å²) in [7, 11) is 1.28. The number of hydrogen-bond acceptors (Lipinski definition) is 5. The van der Waals surface area contributed by atoms with E-state index in [1.54, 1.807) is 6.07 Å². The number of thiophene rings is 1. The van der Waals surface area contributed by atoms with Gasteiger partial charge >= 0.3 is 5.97 Å². The molecule has 2 atom stereocenters. The van der Waals surface area contributed by atoms with Crippen LogP contribution in [0.1, 0.15) is 11.0 Å². The number of epoxide rings is 1. The third-order valence-electron chi connectivity index (χ3n) is 2.24. The summed E-state index contributed by atoms with van der Waals surface area (Å²) in [6.45, 7) is 0.221. The van der Waals surface area contributed by atoms with E-state index in [-0.39, 0.29) is 6.61 Å². The highest BCUT2D eigenvalue weighted by atomic mass is 32.1. The van der Waals surface area contributed by atoms with Gasteiger partial charge in [-0.25, -0.2) is 4.79 Å². The van der Waals surface area contributed by atoms with Gasteiger partial charge in [0.05, 0.1) is 13.7 Å². The number of methoxy groups -OCH3 is 1. The lowest BCUT2D eigenvalue weighted by Gasteiger charge is -2.14. The monoisotopic (exact) mass is 214 g/mol. The Morgan fingerprint density at radius 1 is 1.86 bits per heavy atom. The van der Waals surface area contributed by atoms with Crippen LogP contribution in [0.25, 0.3) is 0 Å². The zero-order valence-corrected chi connectivity index (χ0v) is 8.41. The van der Waals surface area contributed by atoms with Gasteiger partial charge in [0.25, 0.3) is 0 Å². The van der Waals surface area contributed by atoms with Crippen LogP contribution in [0.3, 0.4) is 0 Å². The topological polar surface area (TPSA) is 59.1 Å². The van der Waals surface area contributed by atoms with Gasteiger partial charge in [-0.2, -0.15) is 0 Å². The Kier molecular flexibility index (Phi) is 2.30. The molecule has 1 aromatic heterocycles. The summed E-state index contributed by atoms with van der Waals surface area (Å²) >= 11 is 1.39. The highest BCUT2D eigenvalue weighted by molar-refractivity contribution is 7.10. The molecule has 0 amide bonds. The fourth-order valence-electron chi connectivity index (χ4n) is 1.31. The molecule has 0 aliphatic carbocycles. The first kappa shape index (κ1) is 9.64. The van der Waals surface area contributed by atoms with Crippen molar-refractivity contribution in [1.29, 1.82) is 0 Å². The molecule has 2 unspecified atom stereocenters. The molecule has 0 spiro atoms. The molecule has 0 bridgehead atoms. The van der Waals surface area contributed by atoms with E-state index in [2.05, 4.69) is 4.74 Å². The maximum Gasteiger partial charge on any atom is 0.343 e. The van der Waals surface area contributed by atoms with Crippen LogP contribution in [0.15, 0.2) is 17.5 Å². The zero-order chi connectivity index (χ0) is 10.2. The summed E-state index contributed by atoms with van der Waals surface area (Å²) in [5.41, 5.74) is -1.15. The molecule has 2 rings (SSSR count). The third kappa shape index (κ3) is 1.33. The number of esters is 1. The minimum Gasteiger partial charge on any atom is -0.467 e. The van der Waals surface area contributed by atoms with Crippen LogP contribution >= 0.6 is 11.3 Å². The number of ether oxygens (including phenoxy) is 2. The van der Waals surface area contributed by atoms with E-state index in [0.717, 1.165) is 0 Å². The number of hydrogen-bond donors (Lipinski definition) is 1. The SMILES string of the molecule is COC(=O)C1(C(O)c2cccs2)CO1. The van der Waals surface area contributed by atoms with Gasteiger partial charge in [-0.3, -0.25) is 0 Å². The van der Waals surface area contributed by atoms with Crippen LogP contribution < -0.4 is 0 Å². The van der Waals surface area contributed by atoms with E-state index in [9.17, 15) is 9.90 Å². The van der Waals surface area contributed by atoms with Crippen molar-refractivity contribution in [2.24, 2.45) is 0 Å². The van der Waals surface area contributed by atoms with Crippen molar-refractivity contribution in [1.82, 2.24) is 0 Å². The molecular formula is C9H10O4S. The fraction of sp³-hybridized carbons (Fsp3) is 0.444. The first-order chi connectivity index (χ1) is 6.70. The predicted octanol–water partition coefficient (Wildman–Crippen LogP) is 0.724. The van der Waals surface area contributed by atoms with Crippen LogP contribution in [0, 0.1) is 0 Å². The van der Waals surface area contributed by atoms with Crippen molar-refractivity contribution < 1.29 is 19.4 Å². The first-order valence-corrected chi connectivity index (χ1v) is 5.02. The minimum absolute atomic E-state index is 0.221. The van der Waals surface area contributed by atoms with Gasteiger partial charge in [-0.15, -0.1) is 11.3 Å². The quantitative estimate of drug-likeness (QED) is 0.595. The van der Waals surface area contributed by atoms with Crippen LogP contribution in [0.4, 0.5) is 0 Å². The lowest BCUT2D eigenvalue weighted by atomic mass is 10.0. The van der Waals surface area contributed by atoms with Gasteiger partial charge in [-0.05, 0) is 11.4 Å². The van der Waals surface area contributed by atoms with Crippen LogP contribution in [-0.4, -0.2) is 30.4 Å². The van der Waals surface area contributed by atoms with Gasteiger partial charge in [0.15, 0.2) is 0 Å². The molecular weight excluding hydrogens is 204 g/mol. The highest BCUT2D eigenvalue weighted by Gasteiger charge is 2.60.